The zero-order valence-electron chi connectivity index (χ0n) is 17.9. The molecule has 1 aromatic heterocycles. The van der Waals surface area contributed by atoms with Crippen LogP contribution in [-0.4, -0.2) is 40.3 Å². The summed E-state index contributed by atoms with van der Waals surface area (Å²) in [6.45, 7) is 8.90. The molecule has 0 spiro atoms. The van der Waals surface area contributed by atoms with Crippen LogP contribution in [0.4, 0.5) is 0 Å². The molecule has 0 fully saturated rings. The van der Waals surface area contributed by atoms with Crippen molar-refractivity contribution in [2.24, 2.45) is 4.99 Å². The molecule has 162 valence electrons. The van der Waals surface area contributed by atoms with E-state index in [1.54, 1.807) is 0 Å². The van der Waals surface area contributed by atoms with E-state index in [4.69, 9.17) is 0 Å². The van der Waals surface area contributed by atoms with Gasteiger partial charge >= 0.3 is 0 Å². The minimum Gasteiger partial charge on any atom is -0.386 e. The Balaban J connectivity index is 0.00000320. The fourth-order valence-corrected chi connectivity index (χ4v) is 3.34. The van der Waals surface area contributed by atoms with Crippen LogP contribution in [0.1, 0.15) is 36.4 Å². The third-order valence-electron chi connectivity index (χ3n) is 4.93. The van der Waals surface area contributed by atoms with Crippen LogP contribution in [0.2, 0.25) is 0 Å². The van der Waals surface area contributed by atoms with Crippen molar-refractivity contribution < 1.29 is 5.11 Å². The Kier molecular flexibility index (Phi) is 9.58. The molecule has 3 N–H and O–H groups in total. The third kappa shape index (κ3) is 6.43. The van der Waals surface area contributed by atoms with Gasteiger partial charge in [0, 0.05) is 19.6 Å². The van der Waals surface area contributed by atoms with Crippen molar-refractivity contribution >= 4 is 41.0 Å². The molecule has 0 bridgehead atoms. The Labute approximate surface area is 195 Å². The monoisotopic (exact) mass is 521 g/mol. The van der Waals surface area contributed by atoms with Crippen molar-refractivity contribution in [3.05, 3.63) is 65.5 Å². The van der Waals surface area contributed by atoms with Crippen LogP contribution < -0.4 is 10.6 Å². The fraction of sp³-hybridized carbons (Fsp3) is 0.391. The molecule has 0 aliphatic rings. The number of nitrogens with one attached hydrogen (secondary N) is 2. The number of aliphatic hydroxyl groups is 1. The maximum absolute atomic E-state index is 10.4. The molecule has 3 rings (SSSR count). The van der Waals surface area contributed by atoms with Crippen LogP contribution in [0.25, 0.3) is 11.0 Å². The lowest BCUT2D eigenvalue weighted by Gasteiger charge is -2.14. The summed E-state index contributed by atoms with van der Waals surface area (Å²) in [6.07, 6.45) is 0.345. The molecule has 2 aromatic carbocycles. The number of hydrogen-bond donors (Lipinski definition) is 3. The van der Waals surface area contributed by atoms with Crippen LogP contribution in [0.15, 0.2) is 53.5 Å². The molecule has 0 aliphatic heterocycles. The second-order valence-corrected chi connectivity index (χ2v) is 7.23. The van der Waals surface area contributed by atoms with Crippen molar-refractivity contribution in [1.82, 2.24) is 20.2 Å². The number of benzene rings is 2. The Morgan fingerprint density at radius 3 is 2.57 bits per heavy atom. The molecule has 6 nitrogen and oxygen atoms in total. The zero-order valence-corrected chi connectivity index (χ0v) is 20.3. The Hall–Kier alpha value is -2.13. The highest BCUT2D eigenvalue weighted by Crippen LogP contribution is 2.16. The Morgan fingerprint density at radius 1 is 1.10 bits per heavy atom. The summed E-state index contributed by atoms with van der Waals surface area (Å²) in [5, 5.41) is 17.0. The number of imidazole rings is 1. The lowest BCUT2D eigenvalue weighted by Crippen LogP contribution is -2.38. The smallest absolute Gasteiger partial charge is 0.191 e. The first kappa shape index (κ1) is 24.1. The summed E-state index contributed by atoms with van der Waals surface area (Å²) in [4.78, 5) is 9.16. The van der Waals surface area contributed by atoms with E-state index in [2.05, 4.69) is 31.2 Å². The fourth-order valence-electron chi connectivity index (χ4n) is 3.34. The van der Waals surface area contributed by atoms with Crippen LogP contribution in [-0.2, 0) is 6.54 Å². The number of aliphatic imine (C=N–C) groups is 1. The van der Waals surface area contributed by atoms with Gasteiger partial charge in [0.15, 0.2) is 5.96 Å². The molecule has 7 heteroatoms. The molecule has 0 aliphatic carbocycles. The number of aliphatic hydroxyl groups excluding tert-OH is 1. The minimum atomic E-state index is -0.606. The lowest BCUT2D eigenvalue weighted by atomic mass is 10.1. The average Bonchev–Trinajstić information content (AvgIpc) is 3.04. The van der Waals surface area contributed by atoms with Crippen LogP contribution in [0.5, 0.6) is 0 Å². The quantitative estimate of drug-likeness (QED) is 0.182. The molecule has 30 heavy (non-hydrogen) atoms. The molecular weight excluding hydrogens is 489 g/mol. The van der Waals surface area contributed by atoms with Crippen LogP contribution in [0, 0.1) is 13.8 Å². The zero-order chi connectivity index (χ0) is 20.6. The van der Waals surface area contributed by atoms with Gasteiger partial charge in [-0.15, -0.1) is 24.0 Å². The number of halogens is 1. The molecule has 0 saturated heterocycles. The highest BCUT2D eigenvalue weighted by molar-refractivity contribution is 14.0. The van der Waals surface area contributed by atoms with E-state index in [9.17, 15) is 5.11 Å². The summed E-state index contributed by atoms with van der Waals surface area (Å²) in [6, 6.07) is 16.1. The van der Waals surface area contributed by atoms with Crippen molar-refractivity contribution in [3.63, 3.8) is 0 Å². The van der Waals surface area contributed by atoms with Gasteiger partial charge in [-0.25, -0.2) is 4.98 Å². The number of hydrogen-bond acceptors (Lipinski definition) is 3. The molecule has 1 atom stereocenters. The van der Waals surface area contributed by atoms with E-state index in [1.807, 2.05) is 63.2 Å². The van der Waals surface area contributed by atoms with E-state index in [0.29, 0.717) is 6.54 Å². The maximum Gasteiger partial charge on any atom is 0.191 e. The van der Waals surface area contributed by atoms with Gasteiger partial charge in [-0.05, 0) is 44.9 Å². The number of aromatic nitrogens is 2. The highest BCUT2D eigenvalue weighted by atomic mass is 127. The van der Waals surface area contributed by atoms with Crippen molar-refractivity contribution in [2.75, 3.05) is 19.6 Å². The van der Waals surface area contributed by atoms with Gasteiger partial charge in [0.1, 0.15) is 5.82 Å². The number of aryl methyl sites for hydroxylation is 3. The Morgan fingerprint density at radius 2 is 1.83 bits per heavy atom. The van der Waals surface area contributed by atoms with Crippen molar-refractivity contribution in [1.29, 1.82) is 0 Å². The minimum absolute atomic E-state index is 0. The van der Waals surface area contributed by atoms with E-state index in [1.165, 1.54) is 11.1 Å². The second kappa shape index (κ2) is 11.9. The topological polar surface area (TPSA) is 74.5 Å². The number of nitrogens with zero attached hydrogens (tertiary/aromatic N) is 3. The molecule has 0 amide bonds. The van der Waals surface area contributed by atoms with Crippen LogP contribution >= 0.6 is 24.0 Å². The first-order valence-electron chi connectivity index (χ1n) is 10.3. The lowest BCUT2D eigenvalue weighted by molar-refractivity contribution is 0.187. The van der Waals surface area contributed by atoms with Gasteiger partial charge < -0.3 is 20.3 Å². The standard InChI is InChI=1S/C23H31N5O.HI/c1-4-24-23(26-16-22(29)19-12-10-17(2)11-13-19)25-14-7-15-28-18(3)27-20-8-5-6-9-21(20)28;/h5-6,8-13,22,29H,4,7,14-16H2,1-3H3,(H2,24,25,26);1H. The van der Waals surface area contributed by atoms with E-state index >= 15 is 0 Å². The SMILES string of the molecule is CCNC(=NCC(O)c1ccc(C)cc1)NCCCn1c(C)nc2ccccc21.I. The first-order valence-corrected chi connectivity index (χ1v) is 10.3. The van der Waals surface area contributed by atoms with Gasteiger partial charge in [-0.1, -0.05) is 42.0 Å². The summed E-state index contributed by atoms with van der Waals surface area (Å²) in [5.41, 5.74) is 4.28. The molecule has 1 heterocycles. The van der Waals surface area contributed by atoms with E-state index in [0.717, 1.165) is 48.9 Å². The summed E-state index contributed by atoms with van der Waals surface area (Å²) >= 11 is 0. The first-order chi connectivity index (χ1) is 14.1. The van der Waals surface area contributed by atoms with E-state index in [-0.39, 0.29) is 24.0 Å². The van der Waals surface area contributed by atoms with Crippen molar-refractivity contribution in [3.8, 4) is 0 Å². The molecule has 0 saturated carbocycles. The van der Waals surface area contributed by atoms with E-state index < -0.39 is 6.10 Å². The van der Waals surface area contributed by atoms with Gasteiger partial charge in [0.2, 0.25) is 0 Å². The highest BCUT2D eigenvalue weighted by Gasteiger charge is 2.08. The van der Waals surface area contributed by atoms with Gasteiger partial charge in [-0.3, -0.25) is 4.99 Å². The third-order valence-corrected chi connectivity index (χ3v) is 4.93. The molecule has 0 radical (unpaired) electrons. The van der Waals surface area contributed by atoms with Crippen LogP contribution in [0.3, 0.4) is 0 Å². The van der Waals surface area contributed by atoms with Gasteiger partial charge in [0.25, 0.3) is 0 Å². The largest absolute Gasteiger partial charge is 0.386 e. The van der Waals surface area contributed by atoms with Gasteiger partial charge in [-0.2, -0.15) is 0 Å². The predicted molar refractivity (Wildman–Crippen MR) is 135 cm³/mol. The molecule has 3 aromatic rings. The molecular formula is C23H32IN5O. The Bertz CT molecular complexity index is 952. The van der Waals surface area contributed by atoms with Crippen molar-refractivity contribution in [2.45, 2.75) is 39.8 Å². The van der Waals surface area contributed by atoms with Gasteiger partial charge in [0.05, 0.1) is 23.7 Å². The number of guanidine groups is 1. The second-order valence-electron chi connectivity index (χ2n) is 7.23. The summed E-state index contributed by atoms with van der Waals surface area (Å²) in [5.74, 6) is 1.76. The normalized spacial score (nSPS) is 12.5. The number of rotatable bonds is 8. The number of para-hydroxylation sites is 2. The number of fused-ring (bicyclic) bond motifs is 1. The predicted octanol–water partition coefficient (Wildman–Crippen LogP) is 3.95. The summed E-state index contributed by atoms with van der Waals surface area (Å²) in [7, 11) is 0. The maximum atomic E-state index is 10.4. The average molecular weight is 521 g/mol. The molecule has 1 unspecified atom stereocenters. The summed E-state index contributed by atoms with van der Waals surface area (Å²) < 4.78 is 2.25.